The first-order valence-electron chi connectivity index (χ1n) is 6.25. The smallest absolute Gasteiger partial charge is 0.268 e. The minimum Gasteiger partial charge on any atom is -0.497 e. The Labute approximate surface area is 122 Å². The lowest BCUT2D eigenvalue weighted by Gasteiger charge is -2.11. The van der Waals surface area contributed by atoms with Crippen LogP contribution >= 0.6 is 0 Å². The summed E-state index contributed by atoms with van der Waals surface area (Å²) in [6.45, 7) is 0.292. The highest BCUT2D eigenvalue weighted by Gasteiger charge is 2.10. The Hall–Kier alpha value is -2.94. The van der Waals surface area contributed by atoms with Gasteiger partial charge in [-0.25, -0.2) is 0 Å². The van der Waals surface area contributed by atoms with Gasteiger partial charge >= 0.3 is 0 Å². The zero-order valence-corrected chi connectivity index (χ0v) is 11.8. The van der Waals surface area contributed by atoms with Crippen molar-refractivity contribution in [1.29, 1.82) is 5.26 Å². The molecule has 1 aromatic carbocycles. The van der Waals surface area contributed by atoms with Gasteiger partial charge in [0, 0.05) is 18.3 Å². The Morgan fingerprint density at radius 1 is 1.33 bits per heavy atom. The van der Waals surface area contributed by atoms with Crippen LogP contribution in [0, 0.1) is 11.3 Å². The lowest BCUT2D eigenvalue weighted by Crippen LogP contribution is -2.23. The van der Waals surface area contributed by atoms with Gasteiger partial charge in [0.05, 0.1) is 19.8 Å². The van der Waals surface area contributed by atoms with Gasteiger partial charge in [-0.3, -0.25) is 4.79 Å². The van der Waals surface area contributed by atoms with Crippen molar-refractivity contribution in [3.05, 3.63) is 47.3 Å². The van der Waals surface area contributed by atoms with E-state index in [9.17, 15) is 4.79 Å². The Morgan fingerprint density at radius 3 is 2.76 bits per heavy atom. The van der Waals surface area contributed by atoms with Crippen molar-refractivity contribution in [2.75, 3.05) is 14.2 Å². The number of rotatable bonds is 5. The van der Waals surface area contributed by atoms with Gasteiger partial charge in [-0.1, -0.05) is 0 Å². The predicted octanol–water partition coefficient (Wildman–Crippen LogP) is 1.83. The average molecular weight is 285 g/mol. The lowest BCUT2D eigenvalue weighted by atomic mass is 10.2. The van der Waals surface area contributed by atoms with Crippen molar-refractivity contribution in [3.63, 3.8) is 0 Å². The molecule has 0 spiro atoms. The number of nitriles is 1. The zero-order valence-electron chi connectivity index (χ0n) is 11.8. The van der Waals surface area contributed by atoms with Crippen molar-refractivity contribution in [1.82, 2.24) is 10.3 Å². The maximum absolute atomic E-state index is 12.0. The molecule has 2 N–H and O–H groups in total. The molecule has 108 valence electrons. The number of nitrogens with zero attached hydrogens (tertiary/aromatic N) is 1. The monoisotopic (exact) mass is 285 g/mol. The van der Waals surface area contributed by atoms with Crippen LogP contribution in [0.3, 0.4) is 0 Å². The van der Waals surface area contributed by atoms with Crippen molar-refractivity contribution >= 4 is 5.91 Å². The van der Waals surface area contributed by atoms with E-state index in [-0.39, 0.29) is 5.91 Å². The van der Waals surface area contributed by atoms with E-state index in [1.807, 2.05) is 6.07 Å². The first-order valence-corrected chi connectivity index (χ1v) is 6.25. The SMILES string of the molecule is COc1ccc(OC)c(CNC(=O)c2cc(C#N)c[nH]2)c1. The summed E-state index contributed by atoms with van der Waals surface area (Å²) < 4.78 is 10.4. The van der Waals surface area contributed by atoms with Gasteiger partial charge in [0.15, 0.2) is 0 Å². The number of carbonyl (C=O) groups is 1. The third-order valence-electron chi connectivity index (χ3n) is 2.98. The van der Waals surface area contributed by atoms with Crippen LogP contribution in [0.25, 0.3) is 0 Å². The second kappa shape index (κ2) is 6.48. The molecule has 6 heteroatoms. The molecule has 6 nitrogen and oxygen atoms in total. The average Bonchev–Trinajstić information content (AvgIpc) is 3.01. The van der Waals surface area contributed by atoms with Crippen LogP contribution in [0.4, 0.5) is 0 Å². The summed E-state index contributed by atoms with van der Waals surface area (Å²) in [4.78, 5) is 14.7. The molecule has 2 rings (SSSR count). The highest BCUT2D eigenvalue weighted by atomic mass is 16.5. The molecule has 2 aromatic rings. The summed E-state index contributed by atoms with van der Waals surface area (Å²) in [7, 11) is 3.14. The molecule has 0 saturated carbocycles. The minimum atomic E-state index is -0.290. The van der Waals surface area contributed by atoms with E-state index < -0.39 is 0 Å². The van der Waals surface area contributed by atoms with Crippen LogP contribution < -0.4 is 14.8 Å². The number of H-pyrrole nitrogens is 1. The number of aromatic amines is 1. The Balaban J connectivity index is 2.08. The van der Waals surface area contributed by atoms with Gasteiger partial charge in [0.25, 0.3) is 5.91 Å². The van der Waals surface area contributed by atoms with Crippen LogP contribution in [0.1, 0.15) is 21.6 Å². The van der Waals surface area contributed by atoms with Crippen LogP contribution in [0.15, 0.2) is 30.5 Å². The number of carbonyl (C=O) groups excluding carboxylic acids is 1. The van der Waals surface area contributed by atoms with Crippen LogP contribution in [0.2, 0.25) is 0 Å². The van der Waals surface area contributed by atoms with E-state index >= 15 is 0 Å². The molecule has 0 unspecified atom stereocenters. The molecule has 21 heavy (non-hydrogen) atoms. The number of hydrogen-bond acceptors (Lipinski definition) is 4. The molecule has 0 aliphatic rings. The van der Waals surface area contributed by atoms with E-state index in [0.29, 0.717) is 29.3 Å². The predicted molar refractivity (Wildman–Crippen MR) is 76.2 cm³/mol. The first kappa shape index (κ1) is 14.5. The molecular weight excluding hydrogens is 270 g/mol. The van der Waals surface area contributed by atoms with Crippen molar-refractivity contribution < 1.29 is 14.3 Å². The fourth-order valence-electron chi connectivity index (χ4n) is 1.88. The zero-order chi connectivity index (χ0) is 15.2. The van der Waals surface area contributed by atoms with Crippen LogP contribution in [-0.2, 0) is 6.54 Å². The van der Waals surface area contributed by atoms with Crippen molar-refractivity contribution in [3.8, 4) is 17.6 Å². The summed E-state index contributed by atoms with van der Waals surface area (Å²) in [5.41, 5.74) is 1.56. The summed E-state index contributed by atoms with van der Waals surface area (Å²) in [6.07, 6.45) is 1.49. The Kier molecular flexibility index (Phi) is 4.46. The number of nitrogens with one attached hydrogen (secondary N) is 2. The summed E-state index contributed by atoms with van der Waals surface area (Å²) in [5, 5.41) is 11.5. The summed E-state index contributed by atoms with van der Waals surface area (Å²) in [6, 6.07) is 8.83. The molecule has 0 radical (unpaired) electrons. The molecule has 0 aliphatic carbocycles. The fraction of sp³-hybridized carbons (Fsp3) is 0.200. The summed E-state index contributed by atoms with van der Waals surface area (Å²) in [5.74, 6) is 1.06. The summed E-state index contributed by atoms with van der Waals surface area (Å²) >= 11 is 0. The quantitative estimate of drug-likeness (QED) is 0.877. The maximum Gasteiger partial charge on any atom is 0.268 e. The van der Waals surface area contributed by atoms with E-state index in [2.05, 4.69) is 10.3 Å². The highest BCUT2D eigenvalue weighted by molar-refractivity contribution is 5.92. The topological polar surface area (TPSA) is 87.1 Å². The first-order chi connectivity index (χ1) is 10.2. The molecule has 0 atom stereocenters. The molecule has 1 heterocycles. The highest BCUT2D eigenvalue weighted by Crippen LogP contribution is 2.23. The van der Waals surface area contributed by atoms with Gasteiger partial charge in [-0.15, -0.1) is 0 Å². The number of ether oxygens (including phenoxy) is 2. The van der Waals surface area contributed by atoms with Crippen molar-refractivity contribution in [2.24, 2.45) is 0 Å². The second-order valence-corrected chi connectivity index (χ2v) is 4.27. The molecule has 1 aromatic heterocycles. The third kappa shape index (κ3) is 3.34. The standard InChI is InChI=1S/C15H15N3O3/c1-20-12-3-4-14(21-2)11(6-12)9-18-15(19)13-5-10(7-16)8-17-13/h3-6,8,17H,9H2,1-2H3,(H,18,19). The normalized spacial score (nSPS) is 9.76. The number of methoxy groups -OCH3 is 2. The van der Waals surface area contributed by atoms with Gasteiger partial charge in [-0.2, -0.15) is 5.26 Å². The largest absolute Gasteiger partial charge is 0.497 e. The van der Waals surface area contributed by atoms with Crippen molar-refractivity contribution in [2.45, 2.75) is 6.54 Å². The number of amides is 1. The van der Waals surface area contributed by atoms with Gasteiger partial charge in [0.2, 0.25) is 0 Å². The second-order valence-electron chi connectivity index (χ2n) is 4.27. The number of benzene rings is 1. The lowest BCUT2D eigenvalue weighted by molar-refractivity contribution is 0.0946. The molecule has 1 amide bonds. The molecule has 0 bridgehead atoms. The van der Waals surface area contributed by atoms with Crippen LogP contribution in [-0.4, -0.2) is 25.1 Å². The van der Waals surface area contributed by atoms with Gasteiger partial charge < -0.3 is 19.8 Å². The van der Waals surface area contributed by atoms with E-state index in [1.54, 1.807) is 32.4 Å². The number of aromatic nitrogens is 1. The molecule has 0 fully saturated rings. The maximum atomic E-state index is 12.0. The Morgan fingerprint density at radius 2 is 2.14 bits per heavy atom. The Bertz CT molecular complexity index is 686. The third-order valence-corrected chi connectivity index (χ3v) is 2.98. The molecule has 0 aliphatic heterocycles. The minimum absolute atomic E-state index is 0.290. The van der Waals surface area contributed by atoms with Crippen LogP contribution in [0.5, 0.6) is 11.5 Å². The fourth-order valence-corrected chi connectivity index (χ4v) is 1.88. The molecular formula is C15H15N3O3. The van der Waals surface area contributed by atoms with Gasteiger partial charge in [0.1, 0.15) is 23.3 Å². The van der Waals surface area contributed by atoms with E-state index in [1.165, 1.54) is 12.3 Å². The van der Waals surface area contributed by atoms with E-state index in [0.717, 1.165) is 5.56 Å². The number of hydrogen-bond donors (Lipinski definition) is 2. The molecule has 0 saturated heterocycles. The van der Waals surface area contributed by atoms with Gasteiger partial charge in [-0.05, 0) is 24.3 Å². The van der Waals surface area contributed by atoms with E-state index in [4.69, 9.17) is 14.7 Å².